The van der Waals surface area contributed by atoms with Gasteiger partial charge in [-0.3, -0.25) is 9.69 Å². The van der Waals surface area contributed by atoms with E-state index in [0.29, 0.717) is 6.54 Å². The molecule has 1 aliphatic heterocycles. The molecule has 0 spiro atoms. The number of carbonyl (C=O) groups excluding carboxylic acids is 1. The van der Waals surface area contributed by atoms with Gasteiger partial charge in [0.2, 0.25) is 5.91 Å². The molecule has 3 N–H and O–H groups in total. The van der Waals surface area contributed by atoms with Crippen LogP contribution in [0.5, 0.6) is 0 Å². The zero-order valence-electron chi connectivity index (χ0n) is 11.1. The van der Waals surface area contributed by atoms with Crippen molar-refractivity contribution < 1.29 is 4.79 Å². The van der Waals surface area contributed by atoms with E-state index in [2.05, 4.69) is 17.1 Å². The normalized spacial score (nSPS) is 17.5. The molecule has 0 aliphatic carbocycles. The molecule has 0 aromatic heterocycles. The number of hydrogen-bond acceptors (Lipinski definition) is 3. The first-order chi connectivity index (χ1) is 8.22. The smallest absolute Gasteiger partial charge is 0.231 e. The van der Waals surface area contributed by atoms with Crippen LogP contribution in [0.1, 0.15) is 39.0 Å². The van der Waals surface area contributed by atoms with Gasteiger partial charge < -0.3 is 11.1 Å². The van der Waals surface area contributed by atoms with E-state index in [0.717, 1.165) is 38.5 Å². The Bertz CT molecular complexity index is 215. The van der Waals surface area contributed by atoms with Crippen molar-refractivity contribution in [2.24, 2.45) is 11.7 Å². The van der Waals surface area contributed by atoms with Gasteiger partial charge in [0.25, 0.3) is 0 Å². The van der Waals surface area contributed by atoms with Gasteiger partial charge in [0.05, 0.1) is 6.54 Å². The highest BCUT2D eigenvalue weighted by Crippen LogP contribution is 2.16. The van der Waals surface area contributed by atoms with Crippen molar-refractivity contribution in [1.29, 1.82) is 0 Å². The van der Waals surface area contributed by atoms with Gasteiger partial charge in [-0.15, -0.1) is 0 Å². The molecular weight excluding hydrogens is 214 g/mol. The summed E-state index contributed by atoms with van der Waals surface area (Å²) in [5.41, 5.74) is 5.28. The first-order valence-corrected chi connectivity index (χ1v) is 6.93. The number of nitrogens with one attached hydrogen (secondary N) is 1. The molecule has 4 heteroatoms. The molecule has 0 saturated carbocycles. The molecule has 1 heterocycles. The lowest BCUT2D eigenvalue weighted by Crippen LogP contribution is -2.37. The standard InChI is InChI=1S/C13H27N3O/c1-2-3-9-16(11-13(14)17)10-6-12-4-7-15-8-5-12/h12,15H,2-11H2,1H3,(H2,14,17). The second kappa shape index (κ2) is 8.48. The Kier molecular flexibility index (Phi) is 7.21. The summed E-state index contributed by atoms with van der Waals surface area (Å²) in [5, 5.41) is 3.38. The van der Waals surface area contributed by atoms with E-state index in [1.165, 1.54) is 25.7 Å². The number of nitrogens with zero attached hydrogens (tertiary/aromatic N) is 1. The van der Waals surface area contributed by atoms with Crippen LogP contribution in [0.15, 0.2) is 0 Å². The Morgan fingerprint density at radius 3 is 2.65 bits per heavy atom. The third-order valence-electron chi connectivity index (χ3n) is 3.52. The quantitative estimate of drug-likeness (QED) is 0.665. The van der Waals surface area contributed by atoms with Crippen molar-refractivity contribution in [2.45, 2.75) is 39.0 Å². The predicted molar refractivity (Wildman–Crippen MR) is 70.8 cm³/mol. The monoisotopic (exact) mass is 241 g/mol. The molecule has 1 aliphatic rings. The first kappa shape index (κ1) is 14.5. The number of carbonyl (C=O) groups is 1. The average Bonchev–Trinajstić information content (AvgIpc) is 2.33. The highest BCUT2D eigenvalue weighted by atomic mass is 16.1. The molecule has 0 aromatic carbocycles. The summed E-state index contributed by atoms with van der Waals surface area (Å²) in [4.78, 5) is 13.2. The minimum atomic E-state index is -0.202. The molecule has 1 rings (SSSR count). The van der Waals surface area contributed by atoms with Gasteiger partial charge in [0.15, 0.2) is 0 Å². The Hall–Kier alpha value is -0.610. The van der Waals surface area contributed by atoms with Gasteiger partial charge >= 0.3 is 0 Å². The molecular formula is C13H27N3O. The molecule has 1 fully saturated rings. The van der Waals surface area contributed by atoms with E-state index < -0.39 is 0 Å². The van der Waals surface area contributed by atoms with Crippen molar-refractivity contribution in [3.05, 3.63) is 0 Å². The molecule has 100 valence electrons. The van der Waals surface area contributed by atoms with E-state index in [9.17, 15) is 4.79 Å². The van der Waals surface area contributed by atoms with Gasteiger partial charge in [-0.05, 0) is 57.8 Å². The van der Waals surface area contributed by atoms with E-state index in [1.807, 2.05) is 0 Å². The van der Waals surface area contributed by atoms with Crippen LogP contribution in [0.3, 0.4) is 0 Å². The maximum Gasteiger partial charge on any atom is 0.231 e. The summed E-state index contributed by atoms with van der Waals surface area (Å²) in [5.74, 6) is 0.625. The Balaban J connectivity index is 2.23. The zero-order chi connectivity index (χ0) is 12.5. The summed E-state index contributed by atoms with van der Waals surface area (Å²) in [6.45, 7) is 6.92. The molecule has 17 heavy (non-hydrogen) atoms. The lowest BCUT2D eigenvalue weighted by molar-refractivity contribution is -0.119. The van der Waals surface area contributed by atoms with Crippen LogP contribution < -0.4 is 11.1 Å². The van der Waals surface area contributed by atoms with Crippen molar-refractivity contribution in [1.82, 2.24) is 10.2 Å². The lowest BCUT2D eigenvalue weighted by atomic mass is 9.94. The van der Waals surface area contributed by atoms with Crippen LogP contribution >= 0.6 is 0 Å². The summed E-state index contributed by atoms with van der Waals surface area (Å²) < 4.78 is 0. The average molecular weight is 241 g/mol. The molecule has 0 radical (unpaired) electrons. The van der Waals surface area contributed by atoms with Crippen LogP contribution in [0.25, 0.3) is 0 Å². The summed E-state index contributed by atoms with van der Waals surface area (Å²) in [6, 6.07) is 0. The lowest BCUT2D eigenvalue weighted by Gasteiger charge is -2.26. The van der Waals surface area contributed by atoms with Gasteiger partial charge in [-0.2, -0.15) is 0 Å². The predicted octanol–water partition coefficient (Wildman–Crippen LogP) is 0.964. The first-order valence-electron chi connectivity index (χ1n) is 6.93. The van der Waals surface area contributed by atoms with Crippen molar-refractivity contribution >= 4 is 5.91 Å². The van der Waals surface area contributed by atoms with E-state index in [-0.39, 0.29) is 5.91 Å². The second-order valence-electron chi connectivity index (χ2n) is 5.08. The SMILES string of the molecule is CCCCN(CCC1CCNCC1)CC(N)=O. The Morgan fingerprint density at radius 2 is 2.06 bits per heavy atom. The fourth-order valence-corrected chi connectivity index (χ4v) is 2.41. The summed E-state index contributed by atoms with van der Waals surface area (Å²) in [7, 11) is 0. The zero-order valence-corrected chi connectivity index (χ0v) is 11.1. The largest absolute Gasteiger partial charge is 0.369 e. The van der Waals surface area contributed by atoms with E-state index in [4.69, 9.17) is 5.73 Å². The van der Waals surface area contributed by atoms with Gasteiger partial charge in [0.1, 0.15) is 0 Å². The second-order valence-corrected chi connectivity index (χ2v) is 5.08. The Morgan fingerprint density at radius 1 is 1.35 bits per heavy atom. The van der Waals surface area contributed by atoms with Crippen molar-refractivity contribution in [2.75, 3.05) is 32.7 Å². The minimum absolute atomic E-state index is 0.202. The van der Waals surface area contributed by atoms with Crippen molar-refractivity contribution in [3.8, 4) is 0 Å². The topological polar surface area (TPSA) is 58.4 Å². The highest BCUT2D eigenvalue weighted by Gasteiger charge is 2.15. The van der Waals surface area contributed by atoms with E-state index >= 15 is 0 Å². The minimum Gasteiger partial charge on any atom is -0.369 e. The number of amides is 1. The third kappa shape index (κ3) is 6.64. The van der Waals surface area contributed by atoms with Gasteiger partial charge in [-0.25, -0.2) is 0 Å². The maximum absolute atomic E-state index is 11.0. The Labute approximate surface area is 105 Å². The van der Waals surface area contributed by atoms with Crippen LogP contribution in [-0.4, -0.2) is 43.5 Å². The fraction of sp³-hybridized carbons (Fsp3) is 0.923. The molecule has 1 saturated heterocycles. The van der Waals surface area contributed by atoms with Crippen LogP contribution in [-0.2, 0) is 4.79 Å². The fourth-order valence-electron chi connectivity index (χ4n) is 2.41. The number of unbranched alkanes of at least 4 members (excludes halogenated alkanes) is 1. The molecule has 0 atom stereocenters. The summed E-state index contributed by atoms with van der Waals surface area (Å²) >= 11 is 0. The molecule has 4 nitrogen and oxygen atoms in total. The number of piperidine rings is 1. The molecule has 1 amide bonds. The number of rotatable bonds is 8. The molecule has 0 aromatic rings. The number of nitrogens with two attached hydrogens (primary N) is 1. The number of hydrogen-bond donors (Lipinski definition) is 2. The van der Waals surface area contributed by atoms with Crippen LogP contribution in [0.4, 0.5) is 0 Å². The van der Waals surface area contributed by atoms with Crippen LogP contribution in [0.2, 0.25) is 0 Å². The molecule has 0 unspecified atom stereocenters. The van der Waals surface area contributed by atoms with Gasteiger partial charge in [0, 0.05) is 0 Å². The van der Waals surface area contributed by atoms with E-state index in [1.54, 1.807) is 0 Å². The third-order valence-corrected chi connectivity index (χ3v) is 3.52. The maximum atomic E-state index is 11.0. The summed E-state index contributed by atoms with van der Waals surface area (Å²) in [6.07, 6.45) is 6.08. The molecule has 0 bridgehead atoms. The van der Waals surface area contributed by atoms with Gasteiger partial charge in [-0.1, -0.05) is 13.3 Å². The highest BCUT2D eigenvalue weighted by molar-refractivity contribution is 5.75. The number of primary amides is 1. The van der Waals surface area contributed by atoms with Crippen molar-refractivity contribution in [3.63, 3.8) is 0 Å². The van der Waals surface area contributed by atoms with Crippen LogP contribution in [0, 0.1) is 5.92 Å².